The quantitative estimate of drug-likeness (QED) is 0.493. The standard InChI is InChI=1S/C9H9N3S2/c13-8-10-7(11-9(14)12-8)6-4-2-1-3-5-6/h1-5,8,13H,(H2,10,11,12,14). The van der Waals surface area contributed by atoms with E-state index in [1.807, 2.05) is 30.3 Å². The van der Waals surface area contributed by atoms with Gasteiger partial charge in [-0.25, -0.2) is 4.99 Å². The summed E-state index contributed by atoms with van der Waals surface area (Å²) in [7, 11) is 0. The molecule has 0 bridgehead atoms. The minimum absolute atomic E-state index is 0.265. The van der Waals surface area contributed by atoms with Crippen molar-refractivity contribution in [1.82, 2.24) is 10.6 Å². The molecule has 1 unspecified atom stereocenters. The van der Waals surface area contributed by atoms with Crippen molar-refractivity contribution in [3.8, 4) is 0 Å². The Hall–Kier alpha value is -1.07. The van der Waals surface area contributed by atoms with Gasteiger partial charge in [0.1, 0.15) is 5.84 Å². The van der Waals surface area contributed by atoms with Crippen LogP contribution in [0.3, 0.4) is 0 Å². The predicted octanol–water partition coefficient (Wildman–Crippen LogP) is 1.12. The molecule has 0 fully saturated rings. The summed E-state index contributed by atoms with van der Waals surface area (Å²) < 4.78 is 0. The van der Waals surface area contributed by atoms with Crippen LogP contribution in [0.4, 0.5) is 0 Å². The van der Waals surface area contributed by atoms with Gasteiger partial charge in [0.15, 0.2) is 10.6 Å². The zero-order chi connectivity index (χ0) is 9.97. The first-order valence-corrected chi connectivity index (χ1v) is 5.07. The number of thiol groups is 1. The maximum atomic E-state index is 5.01. The van der Waals surface area contributed by atoms with Crippen molar-refractivity contribution in [3.05, 3.63) is 35.9 Å². The summed E-state index contributed by atoms with van der Waals surface area (Å²) in [5.41, 5.74) is 0.745. The van der Waals surface area contributed by atoms with Gasteiger partial charge in [0.05, 0.1) is 0 Å². The minimum atomic E-state index is -0.265. The minimum Gasteiger partial charge on any atom is -0.332 e. The number of aliphatic imine (C=N–C) groups is 1. The Labute approximate surface area is 93.0 Å². The fourth-order valence-electron chi connectivity index (χ4n) is 1.19. The van der Waals surface area contributed by atoms with Crippen LogP contribution < -0.4 is 10.6 Å². The van der Waals surface area contributed by atoms with Gasteiger partial charge < -0.3 is 10.6 Å². The maximum absolute atomic E-state index is 5.01. The molecule has 1 aromatic rings. The summed E-state index contributed by atoms with van der Waals surface area (Å²) >= 11 is 9.21. The van der Waals surface area contributed by atoms with E-state index in [0.717, 1.165) is 11.4 Å². The number of benzene rings is 1. The van der Waals surface area contributed by atoms with Crippen LogP contribution in [0.15, 0.2) is 35.3 Å². The molecule has 1 aliphatic rings. The van der Waals surface area contributed by atoms with Crippen molar-refractivity contribution in [1.29, 1.82) is 0 Å². The summed E-state index contributed by atoms with van der Waals surface area (Å²) in [6.07, 6.45) is 0. The van der Waals surface area contributed by atoms with Crippen LogP contribution in [0.2, 0.25) is 0 Å². The number of hydrogen-bond donors (Lipinski definition) is 3. The van der Waals surface area contributed by atoms with Gasteiger partial charge in [-0.3, -0.25) is 0 Å². The highest BCUT2D eigenvalue weighted by Gasteiger charge is 2.14. The smallest absolute Gasteiger partial charge is 0.174 e. The molecule has 0 spiro atoms. The van der Waals surface area contributed by atoms with E-state index >= 15 is 0 Å². The Balaban J connectivity index is 2.31. The molecule has 1 aromatic carbocycles. The lowest BCUT2D eigenvalue weighted by Crippen LogP contribution is -2.47. The number of hydrogen-bond acceptors (Lipinski definition) is 3. The monoisotopic (exact) mass is 223 g/mol. The molecular formula is C9H9N3S2. The summed E-state index contributed by atoms with van der Waals surface area (Å²) in [5.74, 6) is 0.759. The van der Waals surface area contributed by atoms with E-state index in [0.29, 0.717) is 5.11 Å². The van der Waals surface area contributed by atoms with Gasteiger partial charge in [-0.05, 0) is 12.2 Å². The first kappa shape index (κ1) is 9.48. The third-order valence-corrected chi connectivity index (χ3v) is 2.26. The van der Waals surface area contributed by atoms with Crippen molar-refractivity contribution < 1.29 is 0 Å². The second-order valence-electron chi connectivity index (χ2n) is 2.82. The Kier molecular flexibility index (Phi) is 2.69. The average Bonchev–Trinajstić information content (AvgIpc) is 2.18. The number of nitrogens with zero attached hydrogens (tertiary/aromatic N) is 1. The highest BCUT2D eigenvalue weighted by Crippen LogP contribution is 2.05. The van der Waals surface area contributed by atoms with Crippen LogP contribution in [0.25, 0.3) is 0 Å². The number of nitrogens with one attached hydrogen (secondary N) is 2. The second-order valence-corrected chi connectivity index (χ2v) is 3.71. The summed E-state index contributed by atoms with van der Waals surface area (Å²) in [6.45, 7) is 0. The molecule has 72 valence electrons. The Morgan fingerprint density at radius 3 is 2.64 bits per heavy atom. The molecule has 0 saturated heterocycles. The molecule has 0 radical (unpaired) electrons. The third-order valence-electron chi connectivity index (χ3n) is 1.79. The van der Waals surface area contributed by atoms with E-state index in [1.165, 1.54) is 0 Å². The van der Waals surface area contributed by atoms with E-state index in [1.54, 1.807) is 0 Å². The summed E-state index contributed by atoms with van der Waals surface area (Å²) in [6, 6.07) is 9.82. The normalized spacial score (nSPS) is 20.8. The van der Waals surface area contributed by atoms with Crippen molar-refractivity contribution in [2.75, 3.05) is 0 Å². The molecule has 1 aliphatic heterocycles. The number of rotatable bonds is 1. The second kappa shape index (κ2) is 3.98. The Morgan fingerprint density at radius 2 is 2.00 bits per heavy atom. The van der Waals surface area contributed by atoms with Crippen molar-refractivity contribution in [2.24, 2.45) is 4.99 Å². The fourth-order valence-corrected chi connectivity index (χ4v) is 1.73. The Bertz CT molecular complexity index is 375. The average molecular weight is 223 g/mol. The zero-order valence-corrected chi connectivity index (χ0v) is 8.98. The summed E-state index contributed by atoms with van der Waals surface area (Å²) in [4.78, 5) is 4.27. The molecule has 1 atom stereocenters. The van der Waals surface area contributed by atoms with E-state index in [9.17, 15) is 0 Å². The molecular weight excluding hydrogens is 214 g/mol. The molecule has 5 heteroatoms. The van der Waals surface area contributed by atoms with Gasteiger partial charge in [-0.2, -0.15) is 0 Å². The lowest BCUT2D eigenvalue weighted by molar-refractivity contribution is 0.829. The van der Waals surface area contributed by atoms with Gasteiger partial charge in [0, 0.05) is 5.56 Å². The Morgan fingerprint density at radius 1 is 1.29 bits per heavy atom. The lowest BCUT2D eigenvalue weighted by atomic mass is 10.2. The predicted molar refractivity (Wildman–Crippen MR) is 64.6 cm³/mol. The molecule has 2 rings (SSSR count). The maximum Gasteiger partial charge on any atom is 0.174 e. The van der Waals surface area contributed by atoms with Crippen LogP contribution in [0.1, 0.15) is 5.56 Å². The first-order chi connectivity index (χ1) is 6.75. The first-order valence-electron chi connectivity index (χ1n) is 4.14. The van der Waals surface area contributed by atoms with Crippen molar-refractivity contribution in [3.63, 3.8) is 0 Å². The van der Waals surface area contributed by atoms with E-state index in [2.05, 4.69) is 28.3 Å². The van der Waals surface area contributed by atoms with Gasteiger partial charge in [0.25, 0.3) is 0 Å². The number of amidine groups is 1. The van der Waals surface area contributed by atoms with E-state index in [4.69, 9.17) is 12.2 Å². The van der Waals surface area contributed by atoms with Crippen LogP contribution in [0, 0.1) is 0 Å². The highest BCUT2D eigenvalue weighted by molar-refractivity contribution is 7.81. The zero-order valence-electron chi connectivity index (χ0n) is 7.27. The van der Waals surface area contributed by atoms with E-state index in [-0.39, 0.29) is 5.50 Å². The molecule has 14 heavy (non-hydrogen) atoms. The topological polar surface area (TPSA) is 36.4 Å². The molecule has 0 aliphatic carbocycles. The van der Waals surface area contributed by atoms with Crippen LogP contribution in [-0.4, -0.2) is 16.4 Å². The third kappa shape index (κ3) is 2.05. The largest absolute Gasteiger partial charge is 0.332 e. The van der Waals surface area contributed by atoms with Gasteiger partial charge in [-0.1, -0.05) is 30.3 Å². The molecule has 0 aromatic heterocycles. The van der Waals surface area contributed by atoms with Crippen LogP contribution in [-0.2, 0) is 0 Å². The van der Waals surface area contributed by atoms with Crippen molar-refractivity contribution >= 4 is 35.8 Å². The van der Waals surface area contributed by atoms with Crippen LogP contribution >= 0.6 is 24.8 Å². The molecule has 1 heterocycles. The van der Waals surface area contributed by atoms with E-state index < -0.39 is 0 Å². The summed E-state index contributed by atoms with van der Waals surface area (Å²) in [5, 5.41) is 6.41. The van der Waals surface area contributed by atoms with Crippen molar-refractivity contribution in [2.45, 2.75) is 5.50 Å². The highest BCUT2D eigenvalue weighted by atomic mass is 32.1. The number of thiocarbonyl (C=S) groups is 1. The molecule has 0 saturated carbocycles. The van der Waals surface area contributed by atoms with Gasteiger partial charge >= 0.3 is 0 Å². The van der Waals surface area contributed by atoms with Gasteiger partial charge in [-0.15, -0.1) is 12.6 Å². The lowest BCUT2D eigenvalue weighted by Gasteiger charge is -2.21. The molecule has 3 nitrogen and oxygen atoms in total. The molecule has 0 amide bonds. The SMILES string of the molecule is S=C1NC(c2ccccc2)=NC(S)N1. The van der Waals surface area contributed by atoms with Crippen LogP contribution in [0.5, 0.6) is 0 Å². The fraction of sp³-hybridized carbons (Fsp3) is 0.111. The van der Waals surface area contributed by atoms with Gasteiger partial charge in [0.2, 0.25) is 0 Å². The molecule has 2 N–H and O–H groups in total.